The molecule has 0 spiro atoms. The molecular formula is C20H21ClFN5O3S. The normalized spacial score (nSPS) is 15.4. The largest absolute Gasteiger partial charge is 0.394 e. The van der Waals surface area contributed by atoms with E-state index in [2.05, 4.69) is 15.3 Å². The van der Waals surface area contributed by atoms with Crippen molar-refractivity contribution in [2.24, 2.45) is 0 Å². The van der Waals surface area contributed by atoms with Crippen molar-refractivity contribution in [3.05, 3.63) is 46.9 Å². The van der Waals surface area contributed by atoms with Crippen molar-refractivity contribution in [3.63, 3.8) is 0 Å². The average molecular weight is 466 g/mol. The summed E-state index contributed by atoms with van der Waals surface area (Å²) in [7, 11) is 0. The first-order valence-electron chi connectivity index (χ1n) is 9.73. The molecule has 1 fully saturated rings. The molecule has 8 nitrogen and oxygen atoms in total. The number of urea groups is 1. The molecule has 1 aromatic carbocycles. The molecular weight excluding hydrogens is 445 g/mol. The van der Waals surface area contributed by atoms with Gasteiger partial charge in [-0.25, -0.2) is 19.2 Å². The third-order valence-corrected chi connectivity index (χ3v) is 6.20. The van der Waals surface area contributed by atoms with Gasteiger partial charge in [0.15, 0.2) is 5.13 Å². The lowest BCUT2D eigenvalue weighted by Gasteiger charge is -2.35. The number of thiazole rings is 1. The van der Waals surface area contributed by atoms with Crippen LogP contribution in [0.2, 0.25) is 5.02 Å². The van der Waals surface area contributed by atoms with Crippen molar-refractivity contribution in [3.8, 4) is 0 Å². The number of carbonyl (C=O) groups excluding carboxylic acids is 1. The lowest BCUT2D eigenvalue weighted by atomic mass is 10.1. The Labute approximate surface area is 186 Å². The average Bonchev–Trinajstić information content (AvgIpc) is 3.15. The Kier molecular flexibility index (Phi) is 6.51. The van der Waals surface area contributed by atoms with Crippen molar-refractivity contribution < 1.29 is 19.4 Å². The van der Waals surface area contributed by atoms with Crippen LogP contribution in [0.5, 0.6) is 0 Å². The molecule has 0 aliphatic carbocycles. The van der Waals surface area contributed by atoms with E-state index in [0.29, 0.717) is 52.4 Å². The number of fused-ring (bicyclic) bond motifs is 1. The summed E-state index contributed by atoms with van der Waals surface area (Å²) in [6, 6.07) is 5.80. The van der Waals surface area contributed by atoms with E-state index in [1.165, 1.54) is 23.5 Å². The Balaban J connectivity index is 1.35. The molecule has 2 amide bonds. The van der Waals surface area contributed by atoms with Crippen molar-refractivity contribution in [1.29, 1.82) is 0 Å². The van der Waals surface area contributed by atoms with E-state index in [1.54, 1.807) is 23.2 Å². The van der Waals surface area contributed by atoms with Crippen LogP contribution in [0.15, 0.2) is 30.5 Å². The molecule has 4 rings (SSSR count). The number of anilines is 2. The Bertz CT molecular complexity index is 1090. The van der Waals surface area contributed by atoms with E-state index >= 15 is 0 Å². The number of halogens is 2. The molecule has 1 aliphatic rings. The molecule has 3 heterocycles. The minimum atomic E-state index is -0.847. The maximum absolute atomic E-state index is 13.3. The maximum atomic E-state index is 13.3. The predicted molar refractivity (Wildman–Crippen MR) is 118 cm³/mol. The van der Waals surface area contributed by atoms with Crippen molar-refractivity contribution in [2.75, 3.05) is 43.0 Å². The van der Waals surface area contributed by atoms with Crippen molar-refractivity contribution in [2.45, 2.75) is 12.5 Å². The van der Waals surface area contributed by atoms with E-state index in [9.17, 15) is 14.3 Å². The van der Waals surface area contributed by atoms with Crippen LogP contribution in [0.4, 0.5) is 20.1 Å². The number of hydrogen-bond acceptors (Lipinski definition) is 7. The molecule has 3 aromatic rings. The zero-order valence-corrected chi connectivity index (χ0v) is 18.0. The number of amides is 2. The fourth-order valence-electron chi connectivity index (χ4n) is 3.40. The van der Waals surface area contributed by atoms with Gasteiger partial charge in [-0.1, -0.05) is 22.9 Å². The number of carbonyl (C=O) groups is 1. The van der Waals surface area contributed by atoms with Gasteiger partial charge in [-0.05, 0) is 29.8 Å². The zero-order chi connectivity index (χ0) is 22.0. The molecule has 11 heteroatoms. The number of nitrogens with zero attached hydrogens (tertiary/aromatic N) is 4. The van der Waals surface area contributed by atoms with Crippen molar-refractivity contribution >= 4 is 50.1 Å². The van der Waals surface area contributed by atoms with Gasteiger partial charge < -0.3 is 20.0 Å². The smallest absolute Gasteiger partial charge is 0.323 e. The molecule has 1 atom stereocenters. The third kappa shape index (κ3) is 5.04. The lowest BCUT2D eigenvalue weighted by Crippen LogP contribution is -2.50. The number of nitrogens with one attached hydrogen (secondary N) is 1. The van der Waals surface area contributed by atoms with Gasteiger partial charge in [0.2, 0.25) is 0 Å². The van der Waals surface area contributed by atoms with Gasteiger partial charge in [0, 0.05) is 38.8 Å². The van der Waals surface area contributed by atoms with E-state index in [4.69, 9.17) is 16.7 Å². The maximum Gasteiger partial charge on any atom is 0.323 e. The van der Waals surface area contributed by atoms with Crippen LogP contribution in [-0.4, -0.2) is 70.0 Å². The first kappa shape index (κ1) is 21.7. The molecule has 1 aliphatic heterocycles. The number of benzene rings is 1. The van der Waals surface area contributed by atoms with Gasteiger partial charge in [0.05, 0.1) is 28.0 Å². The summed E-state index contributed by atoms with van der Waals surface area (Å²) < 4.78 is 14.0. The fourth-order valence-corrected chi connectivity index (χ4v) is 4.58. The van der Waals surface area contributed by atoms with Gasteiger partial charge in [-0.3, -0.25) is 5.32 Å². The SMILES string of the molecule is O=C(Nc1nc2ccc(F)cc2s1)N1CCN(c2ncc(CC(O)CO)cc2Cl)CC1. The number of piperazine rings is 1. The van der Waals surface area contributed by atoms with Crippen molar-refractivity contribution in [1.82, 2.24) is 14.9 Å². The van der Waals surface area contributed by atoms with Crippen LogP contribution in [0, 0.1) is 5.82 Å². The molecule has 164 valence electrons. The summed E-state index contributed by atoms with van der Waals surface area (Å²) in [5.74, 6) is 0.284. The quantitative estimate of drug-likeness (QED) is 0.535. The van der Waals surface area contributed by atoms with Gasteiger partial charge in [0.25, 0.3) is 0 Å². The van der Waals surface area contributed by atoms with E-state index in [1.807, 2.05) is 4.90 Å². The Morgan fingerprint density at radius 2 is 2.06 bits per heavy atom. The second-order valence-corrected chi connectivity index (χ2v) is 8.66. The first-order chi connectivity index (χ1) is 14.9. The van der Waals surface area contributed by atoms with E-state index < -0.39 is 6.10 Å². The van der Waals surface area contributed by atoms with Gasteiger partial charge in [0.1, 0.15) is 11.6 Å². The minimum absolute atomic E-state index is 0.258. The van der Waals surface area contributed by atoms with Gasteiger partial charge in [-0.15, -0.1) is 0 Å². The van der Waals surface area contributed by atoms with Crippen LogP contribution in [0.1, 0.15) is 5.56 Å². The number of aliphatic hydroxyl groups is 2. The summed E-state index contributed by atoms with van der Waals surface area (Å²) in [5.41, 5.74) is 1.38. The van der Waals surface area contributed by atoms with E-state index in [0.717, 1.165) is 5.56 Å². The number of aromatic nitrogens is 2. The number of hydrogen-bond donors (Lipinski definition) is 3. The monoisotopic (exact) mass is 465 g/mol. The summed E-state index contributed by atoms with van der Waals surface area (Å²) >= 11 is 7.60. The second kappa shape index (κ2) is 9.31. The summed E-state index contributed by atoms with van der Waals surface area (Å²) in [6.07, 6.45) is 1.06. The van der Waals surface area contributed by atoms with Crippen LogP contribution in [0.25, 0.3) is 10.2 Å². The Hall–Kier alpha value is -2.53. The molecule has 1 unspecified atom stereocenters. The molecule has 2 aromatic heterocycles. The molecule has 0 radical (unpaired) electrons. The second-order valence-electron chi connectivity index (χ2n) is 7.22. The highest BCUT2D eigenvalue weighted by atomic mass is 35.5. The topological polar surface area (TPSA) is 102 Å². The molecule has 0 saturated carbocycles. The number of aliphatic hydroxyl groups excluding tert-OH is 2. The Morgan fingerprint density at radius 1 is 1.29 bits per heavy atom. The standard InChI is InChI=1S/C20H21ClFN5O3S/c21-15-8-12(7-14(29)11-28)10-23-18(15)26-3-5-27(6-4-26)20(30)25-19-24-16-2-1-13(22)9-17(16)31-19/h1-2,8-10,14,28-29H,3-7,11H2,(H,24,25,30). The van der Waals surface area contributed by atoms with Crippen LogP contribution < -0.4 is 10.2 Å². The molecule has 1 saturated heterocycles. The highest BCUT2D eigenvalue weighted by Gasteiger charge is 2.24. The van der Waals surface area contributed by atoms with E-state index in [-0.39, 0.29) is 24.9 Å². The molecule has 0 bridgehead atoms. The van der Waals surface area contributed by atoms with Crippen LogP contribution in [-0.2, 0) is 6.42 Å². The predicted octanol–water partition coefficient (Wildman–Crippen LogP) is 2.73. The summed E-state index contributed by atoms with van der Waals surface area (Å²) in [6.45, 7) is 1.76. The third-order valence-electron chi connectivity index (χ3n) is 4.99. The first-order valence-corrected chi connectivity index (χ1v) is 10.9. The van der Waals surface area contributed by atoms with Gasteiger partial charge in [-0.2, -0.15) is 0 Å². The minimum Gasteiger partial charge on any atom is -0.394 e. The fraction of sp³-hybridized carbons (Fsp3) is 0.350. The Morgan fingerprint density at radius 3 is 2.77 bits per heavy atom. The molecule has 31 heavy (non-hydrogen) atoms. The highest BCUT2D eigenvalue weighted by Crippen LogP contribution is 2.28. The molecule has 3 N–H and O–H groups in total. The van der Waals surface area contributed by atoms with Crippen LogP contribution >= 0.6 is 22.9 Å². The summed E-state index contributed by atoms with van der Waals surface area (Å²) in [5, 5.41) is 22.2. The zero-order valence-electron chi connectivity index (χ0n) is 16.5. The van der Waals surface area contributed by atoms with Crippen LogP contribution in [0.3, 0.4) is 0 Å². The number of rotatable bonds is 5. The summed E-state index contributed by atoms with van der Waals surface area (Å²) in [4.78, 5) is 25.0. The highest BCUT2D eigenvalue weighted by molar-refractivity contribution is 7.22. The number of pyridine rings is 1. The lowest BCUT2D eigenvalue weighted by molar-refractivity contribution is 0.0954. The van der Waals surface area contributed by atoms with Gasteiger partial charge >= 0.3 is 6.03 Å².